The van der Waals surface area contributed by atoms with Gasteiger partial charge in [0.15, 0.2) is 6.61 Å². The predicted octanol–water partition coefficient (Wildman–Crippen LogP) is 6.42. The van der Waals surface area contributed by atoms with Crippen LogP contribution in [0.4, 0.5) is 0 Å². The molecule has 37 heavy (non-hydrogen) atoms. The van der Waals surface area contributed by atoms with Crippen LogP contribution >= 0.6 is 15.9 Å². The normalized spacial score (nSPS) is 11.9. The van der Waals surface area contributed by atoms with Crippen molar-refractivity contribution in [3.63, 3.8) is 0 Å². The molecule has 0 fully saturated rings. The highest BCUT2D eigenvalue weighted by molar-refractivity contribution is 9.10. The van der Waals surface area contributed by atoms with Gasteiger partial charge >= 0.3 is 0 Å². The van der Waals surface area contributed by atoms with Crippen LogP contribution in [0, 0.1) is 6.92 Å². The summed E-state index contributed by atoms with van der Waals surface area (Å²) in [4.78, 5) is 28.8. The van der Waals surface area contributed by atoms with Gasteiger partial charge in [0, 0.05) is 19.0 Å². The molecule has 0 bridgehead atoms. The van der Waals surface area contributed by atoms with Crippen LogP contribution in [0.25, 0.3) is 0 Å². The Bertz CT molecular complexity index is 1190. The van der Waals surface area contributed by atoms with Crippen molar-refractivity contribution in [1.29, 1.82) is 0 Å². The van der Waals surface area contributed by atoms with E-state index in [4.69, 9.17) is 4.74 Å². The molecule has 0 heterocycles. The van der Waals surface area contributed by atoms with Crippen molar-refractivity contribution in [2.24, 2.45) is 0 Å². The zero-order chi connectivity index (χ0) is 26.9. The predicted molar refractivity (Wildman–Crippen MR) is 153 cm³/mol. The number of hydrogen-bond donors (Lipinski definition) is 1. The first-order valence-corrected chi connectivity index (χ1v) is 13.5. The molecule has 0 aliphatic rings. The molecule has 0 saturated carbocycles. The zero-order valence-electron chi connectivity index (χ0n) is 22.3. The number of hydrogen-bond acceptors (Lipinski definition) is 3. The lowest BCUT2D eigenvalue weighted by Gasteiger charge is -2.32. The summed E-state index contributed by atoms with van der Waals surface area (Å²) in [6.45, 7) is 10.3. The number of aryl methyl sites for hydroxylation is 1. The number of ether oxygens (including phenoxy) is 1. The summed E-state index contributed by atoms with van der Waals surface area (Å²) in [7, 11) is 0. The maximum Gasteiger partial charge on any atom is 0.261 e. The Labute approximate surface area is 229 Å². The molecular weight excluding hydrogens is 528 g/mol. The van der Waals surface area contributed by atoms with Gasteiger partial charge in [0.1, 0.15) is 11.8 Å². The van der Waals surface area contributed by atoms with E-state index in [1.807, 2.05) is 93.6 Å². The molecular formula is C31H37BrN2O3. The van der Waals surface area contributed by atoms with Crippen LogP contribution in [0.2, 0.25) is 0 Å². The molecule has 2 amide bonds. The van der Waals surface area contributed by atoms with Crippen LogP contribution in [-0.2, 0) is 22.6 Å². The number of nitrogens with zero attached hydrogens (tertiary/aromatic N) is 1. The Kier molecular flexibility index (Phi) is 10.3. The van der Waals surface area contributed by atoms with Gasteiger partial charge in [-0.25, -0.2) is 0 Å². The molecule has 3 rings (SSSR count). The van der Waals surface area contributed by atoms with Crippen molar-refractivity contribution in [1.82, 2.24) is 10.2 Å². The largest absolute Gasteiger partial charge is 0.483 e. The number of rotatable bonds is 11. The van der Waals surface area contributed by atoms with E-state index in [0.29, 0.717) is 24.6 Å². The van der Waals surface area contributed by atoms with Crippen molar-refractivity contribution >= 4 is 27.7 Å². The molecule has 0 aromatic heterocycles. The van der Waals surface area contributed by atoms with Crippen LogP contribution in [0.1, 0.15) is 55.9 Å². The average Bonchev–Trinajstić information content (AvgIpc) is 2.85. The zero-order valence-corrected chi connectivity index (χ0v) is 23.9. The number of carbonyl (C=O) groups excluding carboxylic acids is 2. The van der Waals surface area contributed by atoms with Gasteiger partial charge in [-0.2, -0.15) is 0 Å². The fraction of sp³-hybridized carbons (Fsp3) is 0.355. The van der Waals surface area contributed by atoms with Gasteiger partial charge in [0.05, 0.1) is 4.47 Å². The molecule has 196 valence electrons. The Morgan fingerprint density at radius 3 is 2.24 bits per heavy atom. The van der Waals surface area contributed by atoms with E-state index in [0.717, 1.165) is 21.2 Å². The second-order valence-corrected chi connectivity index (χ2v) is 10.9. The van der Waals surface area contributed by atoms with Crippen molar-refractivity contribution in [3.05, 3.63) is 99.5 Å². The summed E-state index contributed by atoms with van der Waals surface area (Å²) in [5.74, 6) is 0.554. The Balaban J connectivity index is 1.91. The van der Waals surface area contributed by atoms with E-state index in [1.54, 1.807) is 4.90 Å². The third kappa shape index (κ3) is 8.46. The Hall–Kier alpha value is -3.12. The summed E-state index contributed by atoms with van der Waals surface area (Å²) in [6, 6.07) is 23.0. The molecule has 5 nitrogen and oxygen atoms in total. The average molecular weight is 566 g/mol. The van der Waals surface area contributed by atoms with E-state index in [-0.39, 0.29) is 24.5 Å². The van der Waals surface area contributed by atoms with Gasteiger partial charge in [-0.3, -0.25) is 9.59 Å². The number of nitrogens with one attached hydrogen (secondary N) is 1. The Morgan fingerprint density at radius 2 is 1.62 bits per heavy atom. The smallest absolute Gasteiger partial charge is 0.261 e. The summed E-state index contributed by atoms with van der Waals surface area (Å²) in [5.41, 5.74) is 4.23. The molecule has 0 aliphatic heterocycles. The first kappa shape index (κ1) is 28.5. The van der Waals surface area contributed by atoms with E-state index in [2.05, 4.69) is 35.1 Å². The quantitative estimate of drug-likeness (QED) is 0.292. The second-order valence-electron chi connectivity index (χ2n) is 10.0. The molecule has 3 aromatic rings. The van der Waals surface area contributed by atoms with Gasteiger partial charge in [-0.1, -0.05) is 80.1 Å². The molecule has 0 saturated heterocycles. The van der Waals surface area contributed by atoms with Crippen molar-refractivity contribution < 1.29 is 14.3 Å². The Morgan fingerprint density at radius 1 is 0.919 bits per heavy atom. The van der Waals surface area contributed by atoms with Crippen molar-refractivity contribution in [3.8, 4) is 5.75 Å². The lowest BCUT2D eigenvalue weighted by atomic mass is 10.0. The topological polar surface area (TPSA) is 58.6 Å². The third-order valence-electron chi connectivity index (χ3n) is 6.11. The van der Waals surface area contributed by atoms with Gasteiger partial charge in [-0.15, -0.1) is 0 Å². The van der Waals surface area contributed by atoms with Gasteiger partial charge in [0.2, 0.25) is 5.91 Å². The molecule has 3 aromatic carbocycles. The minimum atomic E-state index is -0.687. The van der Waals surface area contributed by atoms with Crippen LogP contribution in [0.15, 0.2) is 77.3 Å². The lowest BCUT2D eigenvalue weighted by Crippen LogP contribution is -2.52. The van der Waals surface area contributed by atoms with Crippen molar-refractivity contribution in [2.45, 2.75) is 65.6 Å². The first-order valence-electron chi connectivity index (χ1n) is 12.8. The molecule has 0 unspecified atom stereocenters. The van der Waals surface area contributed by atoms with E-state index in [9.17, 15) is 9.59 Å². The highest BCUT2D eigenvalue weighted by atomic mass is 79.9. The minimum Gasteiger partial charge on any atom is -0.483 e. The molecule has 0 aliphatic carbocycles. The number of amides is 2. The minimum absolute atomic E-state index is 0.0478. The van der Waals surface area contributed by atoms with Gasteiger partial charge in [-0.05, 0) is 71.4 Å². The van der Waals surface area contributed by atoms with Crippen molar-refractivity contribution in [2.75, 3.05) is 6.61 Å². The molecule has 6 heteroatoms. The highest BCUT2D eigenvalue weighted by Gasteiger charge is 2.31. The van der Waals surface area contributed by atoms with E-state index >= 15 is 0 Å². The third-order valence-corrected chi connectivity index (χ3v) is 6.73. The number of halogens is 1. The molecule has 1 N–H and O–H groups in total. The molecule has 1 atom stereocenters. The maximum absolute atomic E-state index is 13.7. The summed E-state index contributed by atoms with van der Waals surface area (Å²) >= 11 is 3.57. The fourth-order valence-corrected chi connectivity index (χ4v) is 4.67. The SMILES string of the molecule is Cc1cccc(CN(C(=O)COc2ccc(C(C)C)cc2Br)[C@@H](Cc2ccccc2)C(=O)NC(C)C)c1. The highest BCUT2D eigenvalue weighted by Crippen LogP contribution is 2.29. The van der Waals surface area contributed by atoms with Crippen LogP contribution in [0.5, 0.6) is 5.75 Å². The first-order chi connectivity index (χ1) is 17.6. The summed E-state index contributed by atoms with van der Waals surface area (Å²) < 4.78 is 6.77. The summed E-state index contributed by atoms with van der Waals surface area (Å²) in [6.07, 6.45) is 0.406. The van der Waals surface area contributed by atoms with Gasteiger partial charge < -0.3 is 15.0 Å². The lowest BCUT2D eigenvalue weighted by molar-refractivity contribution is -0.143. The molecule has 0 spiro atoms. The maximum atomic E-state index is 13.7. The second kappa shape index (κ2) is 13.4. The number of carbonyl (C=O) groups is 2. The van der Waals surface area contributed by atoms with Crippen LogP contribution in [0.3, 0.4) is 0 Å². The number of benzene rings is 3. The standard InChI is InChI=1S/C31H37BrN2O3/c1-21(2)26-14-15-29(27(32)18-26)37-20-30(35)34(19-25-13-9-10-23(5)16-25)28(31(36)33-22(3)4)17-24-11-7-6-8-12-24/h6-16,18,21-22,28H,17,19-20H2,1-5H3,(H,33,36)/t28-/m0/s1. The van der Waals surface area contributed by atoms with E-state index in [1.165, 1.54) is 5.56 Å². The summed E-state index contributed by atoms with van der Waals surface area (Å²) in [5, 5.41) is 3.01. The fourth-order valence-electron chi connectivity index (χ4n) is 4.16. The monoisotopic (exact) mass is 564 g/mol. The molecule has 0 radical (unpaired) electrons. The van der Waals surface area contributed by atoms with Crippen LogP contribution in [-0.4, -0.2) is 35.4 Å². The van der Waals surface area contributed by atoms with Gasteiger partial charge in [0.25, 0.3) is 5.91 Å². The van der Waals surface area contributed by atoms with E-state index < -0.39 is 6.04 Å². The van der Waals surface area contributed by atoms with Crippen LogP contribution < -0.4 is 10.1 Å².